The Labute approximate surface area is 187 Å². The molecule has 9 nitrogen and oxygen atoms in total. The Kier molecular flexibility index (Phi) is 7.28. The number of amides is 1. The van der Waals surface area contributed by atoms with Gasteiger partial charge in [-0.3, -0.25) is 14.5 Å². The van der Waals surface area contributed by atoms with Gasteiger partial charge in [-0.05, 0) is 12.1 Å². The van der Waals surface area contributed by atoms with Crippen LogP contribution in [-0.2, 0) is 16.1 Å². The molecule has 1 aromatic heterocycles. The molecule has 2 saturated heterocycles. The number of rotatable bonds is 7. The number of nitrogens with zero attached hydrogens (tertiary/aromatic N) is 3. The second-order valence-electron chi connectivity index (χ2n) is 7.82. The Balaban J connectivity index is 1.25. The Morgan fingerprint density at radius 3 is 2.56 bits per heavy atom. The van der Waals surface area contributed by atoms with Crippen molar-refractivity contribution >= 4 is 11.6 Å². The van der Waals surface area contributed by atoms with Gasteiger partial charge in [0.1, 0.15) is 17.8 Å². The van der Waals surface area contributed by atoms with Crippen molar-refractivity contribution in [2.45, 2.75) is 6.54 Å². The molecule has 2 aromatic rings. The minimum Gasteiger partial charge on any atom is -0.497 e. The summed E-state index contributed by atoms with van der Waals surface area (Å²) in [5, 5.41) is 0. The molecule has 1 aromatic carbocycles. The SMILES string of the molecule is COc1cccc(N2CCN(C(=O)COc3coc(CN4CCOCC4)cc3=O)CC2)c1. The first-order chi connectivity index (χ1) is 15.6. The molecule has 9 heteroatoms. The summed E-state index contributed by atoms with van der Waals surface area (Å²) in [7, 11) is 1.65. The van der Waals surface area contributed by atoms with E-state index in [-0.39, 0.29) is 23.7 Å². The van der Waals surface area contributed by atoms with Gasteiger partial charge in [0.05, 0.1) is 26.9 Å². The maximum absolute atomic E-state index is 12.6. The predicted octanol–water partition coefficient (Wildman–Crippen LogP) is 1.21. The lowest BCUT2D eigenvalue weighted by Gasteiger charge is -2.36. The average molecular weight is 444 g/mol. The molecule has 0 saturated carbocycles. The van der Waals surface area contributed by atoms with Gasteiger partial charge in [-0.2, -0.15) is 0 Å². The van der Waals surface area contributed by atoms with Gasteiger partial charge < -0.3 is 28.4 Å². The predicted molar refractivity (Wildman–Crippen MR) is 118 cm³/mol. The van der Waals surface area contributed by atoms with Crippen molar-refractivity contribution in [3.05, 3.63) is 52.6 Å². The van der Waals surface area contributed by atoms with Crippen LogP contribution in [-0.4, -0.2) is 81.9 Å². The second kappa shape index (κ2) is 10.5. The average Bonchev–Trinajstić information content (AvgIpc) is 2.84. The van der Waals surface area contributed by atoms with Gasteiger partial charge in [-0.1, -0.05) is 6.07 Å². The summed E-state index contributed by atoms with van der Waals surface area (Å²) in [6.45, 7) is 5.96. The van der Waals surface area contributed by atoms with E-state index in [0.29, 0.717) is 38.6 Å². The first-order valence-corrected chi connectivity index (χ1v) is 10.8. The van der Waals surface area contributed by atoms with Crippen LogP contribution < -0.4 is 19.8 Å². The number of anilines is 1. The van der Waals surface area contributed by atoms with Gasteiger partial charge in [0.15, 0.2) is 6.61 Å². The highest BCUT2D eigenvalue weighted by molar-refractivity contribution is 5.78. The van der Waals surface area contributed by atoms with E-state index < -0.39 is 0 Å². The third kappa shape index (κ3) is 5.60. The van der Waals surface area contributed by atoms with E-state index in [2.05, 4.69) is 9.80 Å². The summed E-state index contributed by atoms with van der Waals surface area (Å²) in [6.07, 6.45) is 1.30. The number of carbonyl (C=O) groups is 1. The second-order valence-corrected chi connectivity index (χ2v) is 7.82. The number of ether oxygens (including phenoxy) is 3. The summed E-state index contributed by atoms with van der Waals surface area (Å²) in [5.74, 6) is 1.29. The lowest BCUT2D eigenvalue weighted by Crippen LogP contribution is -2.50. The molecule has 0 aliphatic carbocycles. The minimum atomic E-state index is -0.282. The van der Waals surface area contributed by atoms with E-state index in [1.54, 1.807) is 12.0 Å². The fraction of sp³-hybridized carbons (Fsp3) is 0.478. The molecule has 0 spiro atoms. The van der Waals surface area contributed by atoms with Crippen molar-refractivity contribution < 1.29 is 23.4 Å². The zero-order valence-corrected chi connectivity index (χ0v) is 18.3. The van der Waals surface area contributed by atoms with E-state index in [1.807, 2.05) is 24.3 Å². The molecular formula is C23H29N3O6. The molecule has 2 aliphatic rings. The van der Waals surface area contributed by atoms with E-state index in [9.17, 15) is 9.59 Å². The number of piperazine rings is 1. The van der Waals surface area contributed by atoms with Crippen LogP contribution >= 0.6 is 0 Å². The molecule has 2 fully saturated rings. The molecule has 32 heavy (non-hydrogen) atoms. The number of carbonyl (C=O) groups excluding carboxylic acids is 1. The van der Waals surface area contributed by atoms with E-state index >= 15 is 0 Å². The highest BCUT2D eigenvalue weighted by Gasteiger charge is 2.22. The number of benzene rings is 1. The third-order valence-electron chi connectivity index (χ3n) is 5.74. The van der Waals surface area contributed by atoms with Crippen molar-refractivity contribution in [2.24, 2.45) is 0 Å². The molecule has 1 amide bonds. The van der Waals surface area contributed by atoms with Crippen LogP contribution in [0.3, 0.4) is 0 Å². The van der Waals surface area contributed by atoms with E-state index in [4.69, 9.17) is 18.6 Å². The zero-order chi connectivity index (χ0) is 22.3. The standard InChI is InChI=1S/C23H29N3O6/c1-29-19-4-2-3-18(13-19)25-5-7-26(8-6-25)23(28)17-32-22-16-31-20(14-21(22)27)15-24-9-11-30-12-10-24/h2-4,13-14,16H,5-12,15,17H2,1H3. The monoisotopic (exact) mass is 443 g/mol. The summed E-state index contributed by atoms with van der Waals surface area (Å²) in [5.41, 5.74) is 0.789. The third-order valence-corrected chi connectivity index (χ3v) is 5.74. The highest BCUT2D eigenvalue weighted by atomic mass is 16.5. The number of hydrogen-bond donors (Lipinski definition) is 0. The molecule has 2 aliphatic heterocycles. The van der Waals surface area contributed by atoms with Crippen LogP contribution in [0.4, 0.5) is 5.69 Å². The molecule has 0 N–H and O–H groups in total. The Morgan fingerprint density at radius 2 is 1.84 bits per heavy atom. The molecule has 3 heterocycles. The molecule has 0 atom stereocenters. The Morgan fingerprint density at radius 1 is 1.06 bits per heavy atom. The smallest absolute Gasteiger partial charge is 0.260 e. The largest absolute Gasteiger partial charge is 0.497 e. The summed E-state index contributed by atoms with van der Waals surface area (Å²) in [4.78, 5) is 31.1. The Bertz CT molecular complexity index is 964. The van der Waals surface area contributed by atoms with Crippen LogP contribution in [0.2, 0.25) is 0 Å². The van der Waals surface area contributed by atoms with Gasteiger partial charge >= 0.3 is 0 Å². The van der Waals surface area contributed by atoms with Gasteiger partial charge in [0.25, 0.3) is 5.91 Å². The van der Waals surface area contributed by atoms with Crippen molar-refractivity contribution in [3.8, 4) is 11.5 Å². The minimum absolute atomic E-state index is 0.0547. The van der Waals surface area contributed by atoms with Crippen molar-refractivity contribution in [2.75, 3.05) is 71.1 Å². The summed E-state index contributed by atoms with van der Waals surface area (Å²) >= 11 is 0. The van der Waals surface area contributed by atoms with Gasteiger partial charge in [-0.25, -0.2) is 0 Å². The Hall–Kier alpha value is -3.04. The number of morpholine rings is 1. The summed E-state index contributed by atoms with van der Waals surface area (Å²) < 4.78 is 21.6. The maximum Gasteiger partial charge on any atom is 0.260 e. The maximum atomic E-state index is 12.6. The molecule has 0 unspecified atom stereocenters. The van der Waals surface area contributed by atoms with Gasteiger partial charge in [0, 0.05) is 57.1 Å². The normalized spacial score (nSPS) is 17.3. The lowest BCUT2D eigenvalue weighted by atomic mass is 10.2. The summed E-state index contributed by atoms with van der Waals surface area (Å²) in [6, 6.07) is 9.32. The van der Waals surface area contributed by atoms with Gasteiger partial charge in [0.2, 0.25) is 11.2 Å². The van der Waals surface area contributed by atoms with Crippen LogP contribution in [0.5, 0.6) is 11.5 Å². The molecule has 4 rings (SSSR count). The fourth-order valence-corrected chi connectivity index (χ4v) is 3.86. The molecular weight excluding hydrogens is 414 g/mol. The van der Waals surface area contributed by atoms with Crippen LogP contribution in [0.1, 0.15) is 5.76 Å². The molecule has 0 bridgehead atoms. The van der Waals surface area contributed by atoms with E-state index in [1.165, 1.54) is 12.3 Å². The lowest BCUT2D eigenvalue weighted by molar-refractivity contribution is -0.133. The first kappa shape index (κ1) is 22.2. The van der Waals surface area contributed by atoms with Crippen LogP contribution in [0, 0.1) is 0 Å². The van der Waals surface area contributed by atoms with Crippen molar-refractivity contribution in [1.29, 1.82) is 0 Å². The number of methoxy groups -OCH3 is 1. The van der Waals surface area contributed by atoms with E-state index in [0.717, 1.165) is 37.6 Å². The van der Waals surface area contributed by atoms with Crippen molar-refractivity contribution in [3.63, 3.8) is 0 Å². The number of hydrogen-bond acceptors (Lipinski definition) is 8. The first-order valence-electron chi connectivity index (χ1n) is 10.8. The van der Waals surface area contributed by atoms with Gasteiger partial charge in [-0.15, -0.1) is 0 Å². The quantitative estimate of drug-likeness (QED) is 0.632. The van der Waals surface area contributed by atoms with Crippen LogP contribution in [0.25, 0.3) is 0 Å². The van der Waals surface area contributed by atoms with Crippen molar-refractivity contribution in [1.82, 2.24) is 9.80 Å². The molecule has 0 radical (unpaired) electrons. The molecule has 172 valence electrons. The fourth-order valence-electron chi connectivity index (χ4n) is 3.86. The topological polar surface area (TPSA) is 84.7 Å². The zero-order valence-electron chi connectivity index (χ0n) is 18.3. The highest BCUT2D eigenvalue weighted by Crippen LogP contribution is 2.22. The van der Waals surface area contributed by atoms with Crippen LogP contribution in [0.15, 0.2) is 45.8 Å².